The molecule has 0 spiro atoms. The lowest BCUT2D eigenvalue weighted by Gasteiger charge is -2.01. The van der Waals surface area contributed by atoms with E-state index in [9.17, 15) is 0 Å². The summed E-state index contributed by atoms with van der Waals surface area (Å²) in [5.41, 5.74) is 0. The zero-order valence-corrected chi connectivity index (χ0v) is 6.77. The van der Waals surface area contributed by atoms with Crippen LogP contribution in [0.15, 0.2) is 0 Å². The highest BCUT2D eigenvalue weighted by Gasteiger charge is 2.02. The number of halogens is 1. The molecule has 0 aromatic carbocycles. The van der Waals surface area contributed by atoms with Crippen LogP contribution in [0.4, 0.5) is 0 Å². The molecule has 0 aromatic heterocycles. The quantitative estimate of drug-likeness (QED) is 0.592. The number of nitriles is 1. The van der Waals surface area contributed by atoms with Crippen LogP contribution in [0, 0.1) is 17.2 Å². The Labute approximate surface area is 58.8 Å². The summed E-state index contributed by atoms with van der Waals surface area (Å²) in [6, 6.07) is 2.17. The lowest BCUT2D eigenvalue weighted by atomic mass is 10.1. The Hall–Kier alpha value is -0.0300. The highest BCUT2D eigenvalue weighted by atomic mass is 79.9. The molecule has 0 aliphatic rings. The Morgan fingerprint density at radius 1 is 1.62 bits per heavy atom. The molecule has 1 nitrogen and oxygen atoms in total. The van der Waals surface area contributed by atoms with E-state index in [1.54, 1.807) is 0 Å². The fourth-order valence-corrected chi connectivity index (χ4v) is 1.10. The van der Waals surface area contributed by atoms with Crippen LogP contribution in [-0.2, 0) is 0 Å². The predicted octanol–water partition coefficient (Wildman–Crippen LogP) is 2.32. The highest BCUT2D eigenvalue weighted by Crippen LogP contribution is 2.10. The SMILES string of the molecule is C[C@H](C#N)C[C@@H](C)Br. The third-order valence-electron chi connectivity index (χ3n) is 0.899. The molecule has 0 rings (SSSR count). The van der Waals surface area contributed by atoms with E-state index in [1.807, 2.05) is 13.8 Å². The minimum Gasteiger partial charge on any atom is -0.198 e. The molecule has 0 saturated heterocycles. The second-order valence-electron chi connectivity index (χ2n) is 2.05. The molecule has 0 aliphatic heterocycles. The average molecular weight is 176 g/mol. The summed E-state index contributed by atoms with van der Waals surface area (Å²) in [5, 5.41) is 8.31. The molecule has 2 heteroatoms. The van der Waals surface area contributed by atoms with Gasteiger partial charge in [-0.25, -0.2) is 0 Å². The van der Waals surface area contributed by atoms with E-state index in [2.05, 4.69) is 22.0 Å². The van der Waals surface area contributed by atoms with E-state index in [1.165, 1.54) is 0 Å². The lowest BCUT2D eigenvalue weighted by Crippen LogP contribution is -1.97. The molecule has 0 aliphatic carbocycles. The largest absolute Gasteiger partial charge is 0.198 e. The Morgan fingerprint density at radius 2 is 2.12 bits per heavy atom. The van der Waals surface area contributed by atoms with E-state index in [-0.39, 0.29) is 5.92 Å². The van der Waals surface area contributed by atoms with Gasteiger partial charge in [-0.05, 0) is 13.3 Å². The third kappa shape index (κ3) is 4.14. The minimum atomic E-state index is 0.185. The van der Waals surface area contributed by atoms with Crippen molar-refractivity contribution in [3.05, 3.63) is 0 Å². The van der Waals surface area contributed by atoms with E-state index >= 15 is 0 Å². The molecule has 8 heavy (non-hydrogen) atoms. The van der Waals surface area contributed by atoms with Crippen LogP contribution in [0.1, 0.15) is 20.3 Å². The Balaban J connectivity index is 3.28. The van der Waals surface area contributed by atoms with Crippen LogP contribution in [0.3, 0.4) is 0 Å². The van der Waals surface area contributed by atoms with Crippen molar-refractivity contribution in [3.8, 4) is 6.07 Å². The topological polar surface area (TPSA) is 23.8 Å². The molecular formula is C6H10BrN. The third-order valence-corrected chi connectivity index (χ3v) is 1.27. The Morgan fingerprint density at radius 3 is 2.25 bits per heavy atom. The summed E-state index contributed by atoms with van der Waals surface area (Å²) in [4.78, 5) is 0.470. The van der Waals surface area contributed by atoms with Gasteiger partial charge in [0, 0.05) is 10.7 Å². The summed E-state index contributed by atoms with van der Waals surface area (Å²) in [6.07, 6.45) is 0.941. The first-order valence-corrected chi connectivity index (χ1v) is 3.62. The van der Waals surface area contributed by atoms with Crippen molar-refractivity contribution in [3.63, 3.8) is 0 Å². The zero-order chi connectivity index (χ0) is 6.57. The number of rotatable bonds is 2. The molecule has 2 atom stereocenters. The van der Waals surface area contributed by atoms with Gasteiger partial charge in [-0.1, -0.05) is 22.9 Å². The standard InChI is InChI=1S/C6H10BrN/c1-5(4-8)3-6(2)7/h5-6H,3H2,1-2H3/t5-,6+/m0/s1. The molecular weight excluding hydrogens is 166 g/mol. The van der Waals surface area contributed by atoms with E-state index in [4.69, 9.17) is 5.26 Å². The first-order valence-electron chi connectivity index (χ1n) is 2.70. The van der Waals surface area contributed by atoms with Gasteiger partial charge < -0.3 is 0 Å². The molecule has 0 radical (unpaired) electrons. The van der Waals surface area contributed by atoms with Crippen LogP contribution in [0.5, 0.6) is 0 Å². The first-order chi connectivity index (χ1) is 3.66. The molecule has 0 fully saturated rings. The fourth-order valence-electron chi connectivity index (χ4n) is 0.540. The summed E-state index contributed by atoms with van der Waals surface area (Å²) in [7, 11) is 0. The van der Waals surface area contributed by atoms with Crippen LogP contribution in [-0.4, -0.2) is 4.83 Å². The lowest BCUT2D eigenvalue weighted by molar-refractivity contribution is 0.663. The smallest absolute Gasteiger partial charge is 0.0653 e. The van der Waals surface area contributed by atoms with Gasteiger partial charge in [-0.15, -0.1) is 0 Å². The van der Waals surface area contributed by atoms with E-state index in [0.717, 1.165) is 6.42 Å². The summed E-state index contributed by atoms with van der Waals surface area (Å²) in [5.74, 6) is 0.185. The minimum absolute atomic E-state index is 0.185. The van der Waals surface area contributed by atoms with Gasteiger partial charge in [0.1, 0.15) is 0 Å². The molecule has 0 heterocycles. The van der Waals surface area contributed by atoms with E-state index < -0.39 is 0 Å². The molecule has 46 valence electrons. The Bertz CT molecular complexity index is 93.2. The Kier molecular flexibility index (Phi) is 3.90. The van der Waals surface area contributed by atoms with Crippen molar-refractivity contribution in [1.29, 1.82) is 5.26 Å². The van der Waals surface area contributed by atoms with Crippen LogP contribution < -0.4 is 0 Å². The van der Waals surface area contributed by atoms with Gasteiger partial charge in [0.15, 0.2) is 0 Å². The molecule has 0 aromatic rings. The maximum atomic E-state index is 8.31. The summed E-state index contributed by atoms with van der Waals surface area (Å²) < 4.78 is 0. The monoisotopic (exact) mass is 175 g/mol. The van der Waals surface area contributed by atoms with Gasteiger partial charge >= 0.3 is 0 Å². The predicted molar refractivity (Wildman–Crippen MR) is 37.8 cm³/mol. The molecule has 0 unspecified atom stereocenters. The van der Waals surface area contributed by atoms with Crippen molar-refractivity contribution in [1.82, 2.24) is 0 Å². The van der Waals surface area contributed by atoms with Crippen molar-refractivity contribution in [2.45, 2.75) is 25.1 Å². The highest BCUT2D eigenvalue weighted by molar-refractivity contribution is 9.09. The molecule has 0 saturated carbocycles. The van der Waals surface area contributed by atoms with Crippen molar-refractivity contribution < 1.29 is 0 Å². The van der Waals surface area contributed by atoms with Crippen molar-refractivity contribution >= 4 is 15.9 Å². The van der Waals surface area contributed by atoms with Gasteiger partial charge in [0.2, 0.25) is 0 Å². The van der Waals surface area contributed by atoms with Crippen LogP contribution in [0.25, 0.3) is 0 Å². The number of hydrogen-bond acceptors (Lipinski definition) is 1. The van der Waals surface area contributed by atoms with Crippen molar-refractivity contribution in [2.75, 3.05) is 0 Å². The van der Waals surface area contributed by atoms with Gasteiger partial charge in [-0.3, -0.25) is 0 Å². The van der Waals surface area contributed by atoms with E-state index in [0.29, 0.717) is 4.83 Å². The van der Waals surface area contributed by atoms with Crippen molar-refractivity contribution in [2.24, 2.45) is 5.92 Å². The second kappa shape index (κ2) is 3.91. The summed E-state index contributed by atoms with van der Waals surface area (Å²) >= 11 is 3.36. The number of nitrogens with zero attached hydrogens (tertiary/aromatic N) is 1. The maximum absolute atomic E-state index is 8.31. The normalized spacial score (nSPS) is 16.8. The van der Waals surface area contributed by atoms with Gasteiger partial charge in [-0.2, -0.15) is 5.26 Å². The molecule has 0 bridgehead atoms. The second-order valence-corrected chi connectivity index (χ2v) is 3.61. The van der Waals surface area contributed by atoms with Crippen LogP contribution in [0.2, 0.25) is 0 Å². The zero-order valence-electron chi connectivity index (χ0n) is 5.19. The maximum Gasteiger partial charge on any atom is 0.0653 e. The van der Waals surface area contributed by atoms with Crippen LogP contribution >= 0.6 is 15.9 Å². The first kappa shape index (κ1) is 7.97. The molecule has 0 N–H and O–H groups in total. The number of hydrogen-bond donors (Lipinski definition) is 0. The average Bonchev–Trinajstić information content (AvgIpc) is 1.65. The number of alkyl halides is 1. The molecule has 0 amide bonds. The van der Waals surface area contributed by atoms with Gasteiger partial charge in [0.25, 0.3) is 0 Å². The summed E-state index contributed by atoms with van der Waals surface area (Å²) in [6.45, 7) is 3.98. The fraction of sp³-hybridized carbons (Fsp3) is 0.833. The van der Waals surface area contributed by atoms with Gasteiger partial charge in [0.05, 0.1) is 6.07 Å².